The number of hydrogen-bond donors (Lipinski definition) is 2. The Morgan fingerprint density at radius 3 is 2.42 bits per heavy atom. The summed E-state index contributed by atoms with van der Waals surface area (Å²) in [6.45, 7) is 1.70. The van der Waals surface area contributed by atoms with E-state index < -0.39 is 11.5 Å². The molecule has 132 valence electrons. The molecule has 7 nitrogen and oxygen atoms in total. The van der Waals surface area contributed by atoms with Gasteiger partial charge in [-0.2, -0.15) is 5.11 Å². The number of aromatic nitrogens is 2. The number of nitrogens with one attached hydrogen (secondary N) is 1. The fourth-order valence-corrected chi connectivity index (χ4v) is 2.78. The van der Waals surface area contributed by atoms with E-state index in [-0.39, 0.29) is 5.69 Å². The van der Waals surface area contributed by atoms with Crippen LogP contribution in [0.4, 0.5) is 11.4 Å². The second-order valence-electron chi connectivity index (χ2n) is 5.43. The molecule has 3 aromatic rings. The zero-order valence-electron chi connectivity index (χ0n) is 13.5. The molecule has 0 fully saturated rings. The summed E-state index contributed by atoms with van der Waals surface area (Å²) in [5.41, 5.74) is 6.76. The summed E-state index contributed by atoms with van der Waals surface area (Å²) in [4.78, 5) is 23.7. The number of carbonyl (C=O) groups excluding carboxylic acids is 1. The number of azo groups is 1. The Hall–Kier alpha value is -2.90. The number of primary amides is 1. The molecule has 0 aliphatic rings. The van der Waals surface area contributed by atoms with E-state index in [4.69, 9.17) is 28.9 Å². The van der Waals surface area contributed by atoms with E-state index in [1.807, 2.05) is 0 Å². The summed E-state index contributed by atoms with van der Waals surface area (Å²) in [6.07, 6.45) is 0. The SMILES string of the molecule is Cc1[nH]n(-c2ccc(Cl)cc2Cl)c(=O)c1N=Nc1ccc(C(N)=O)cc1. The largest absolute Gasteiger partial charge is 0.366 e. The van der Waals surface area contributed by atoms with Crippen LogP contribution in [0.15, 0.2) is 57.5 Å². The average Bonchev–Trinajstić information content (AvgIpc) is 2.87. The summed E-state index contributed by atoms with van der Waals surface area (Å²) >= 11 is 12.0. The molecule has 0 bridgehead atoms. The van der Waals surface area contributed by atoms with Gasteiger partial charge in [0.05, 0.1) is 22.1 Å². The first-order valence-electron chi connectivity index (χ1n) is 7.45. The number of benzene rings is 2. The maximum atomic E-state index is 12.6. The Labute approximate surface area is 158 Å². The van der Waals surface area contributed by atoms with Gasteiger partial charge in [-0.1, -0.05) is 23.2 Å². The Bertz CT molecular complexity index is 1070. The molecule has 0 saturated carbocycles. The van der Waals surface area contributed by atoms with Crippen LogP contribution in [0.3, 0.4) is 0 Å². The molecule has 1 amide bonds. The van der Waals surface area contributed by atoms with Crippen LogP contribution < -0.4 is 11.3 Å². The maximum Gasteiger partial charge on any atom is 0.299 e. The van der Waals surface area contributed by atoms with Crippen LogP contribution in [0.1, 0.15) is 16.1 Å². The lowest BCUT2D eigenvalue weighted by atomic mass is 10.2. The van der Waals surface area contributed by atoms with Crippen LogP contribution in [0, 0.1) is 6.92 Å². The highest BCUT2D eigenvalue weighted by atomic mass is 35.5. The molecule has 3 N–H and O–H groups in total. The van der Waals surface area contributed by atoms with E-state index in [0.717, 1.165) is 0 Å². The summed E-state index contributed by atoms with van der Waals surface area (Å²) in [5.74, 6) is -0.530. The van der Waals surface area contributed by atoms with E-state index >= 15 is 0 Å². The zero-order chi connectivity index (χ0) is 18.8. The lowest BCUT2D eigenvalue weighted by Gasteiger charge is -2.04. The van der Waals surface area contributed by atoms with Gasteiger partial charge in [-0.05, 0) is 49.4 Å². The summed E-state index contributed by atoms with van der Waals surface area (Å²) in [6, 6.07) is 11.0. The Kier molecular flexibility index (Phi) is 4.92. The second-order valence-corrected chi connectivity index (χ2v) is 6.28. The van der Waals surface area contributed by atoms with Crippen molar-refractivity contribution in [3.8, 4) is 5.69 Å². The number of nitrogens with two attached hydrogens (primary N) is 1. The van der Waals surface area contributed by atoms with E-state index in [1.54, 1.807) is 37.3 Å². The molecule has 0 aliphatic carbocycles. The first kappa shape index (κ1) is 17.9. The van der Waals surface area contributed by atoms with E-state index in [2.05, 4.69) is 15.3 Å². The number of halogens is 2. The molecular formula is C17H13Cl2N5O2. The van der Waals surface area contributed by atoms with Gasteiger partial charge in [-0.25, -0.2) is 4.68 Å². The highest BCUT2D eigenvalue weighted by Crippen LogP contribution is 2.25. The van der Waals surface area contributed by atoms with Gasteiger partial charge in [-0.3, -0.25) is 14.7 Å². The standard InChI is InChI=1S/C17H13Cl2N5O2/c1-9-15(22-21-12-5-2-10(3-6-12)16(20)25)17(26)24(23-9)14-7-4-11(18)8-13(14)19/h2-8,23H,1H3,(H2,20,25). The van der Waals surface area contributed by atoms with Crippen molar-refractivity contribution in [2.45, 2.75) is 6.92 Å². The lowest BCUT2D eigenvalue weighted by Crippen LogP contribution is -2.14. The number of aromatic amines is 1. The van der Waals surface area contributed by atoms with Gasteiger partial charge in [0, 0.05) is 10.6 Å². The van der Waals surface area contributed by atoms with Crippen molar-refractivity contribution >= 4 is 40.5 Å². The van der Waals surface area contributed by atoms with Crippen molar-refractivity contribution in [1.82, 2.24) is 9.78 Å². The van der Waals surface area contributed by atoms with Gasteiger partial charge in [0.2, 0.25) is 5.91 Å². The molecule has 3 rings (SSSR count). The fourth-order valence-electron chi connectivity index (χ4n) is 2.29. The molecule has 2 aromatic carbocycles. The number of aryl methyl sites for hydroxylation is 1. The number of hydrogen-bond acceptors (Lipinski definition) is 4. The minimum atomic E-state index is -0.530. The van der Waals surface area contributed by atoms with Crippen molar-refractivity contribution in [3.05, 3.63) is 74.1 Å². The number of amides is 1. The number of nitrogens with zero attached hydrogens (tertiary/aromatic N) is 3. The third-order valence-electron chi connectivity index (χ3n) is 3.61. The fraction of sp³-hybridized carbons (Fsp3) is 0.0588. The highest BCUT2D eigenvalue weighted by Gasteiger charge is 2.14. The molecule has 1 heterocycles. The van der Waals surface area contributed by atoms with Crippen LogP contribution in [-0.2, 0) is 0 Å². The van der Waals surface area contributed by atoms with Crippen LogP contribution in [0.5, 0.6) is 0 Å². The minimum absolute atomic E-state index is 0.148. The first-order chi connectivity index (χ1) is 12.4. The maximum absolute atomic E-state index is 12.6. The zero-order valence-corrected chi connectivity index (χ0v) is 15.0. The first-order valence-corrected chi connectivity index (χ1v) is 8.21. The predicted molar refractivity (Wildman–Crippen MR) is 100 cm³/mol. The molecule has 0 spiro atoms. The van der Waals surface area contributed by atoms with Gasteiger partial charge >= 0.3 is 0 Å². The smallest absolute Gasteiger partial charge is 0.299 e. The molecule has 0 saturated heterocycles. The van der Waals surface area contributed by atoms with Crippen molar-refractivity contribution in [2.75, 3.05) is 0 Å². The van der Waals surface area contributed by atoms with E-state index in [1.165, 1.54) is 16.8 Å². The topological polar surface area (TPSA) is 106 Å². The molecule has 0 radical (unpaired) electrons. The highest BCUT2D eigenvalue weighted by molar-refractivity contribution is 6.35. The molecule has 0 atom stereocenters. The molecule has 26 heavy (non-hydrogen) atoms. The Balaban J connectivity index is 1.95. The van der Waals surface area contributed by atoms with Crippen LogP contribution in [0.25, 0.3) is 5.69 Å². The third kappa shape index (κ3) is 3.54. The Morgan fingerprint density at radius 1 is 1.12 bits per heavy atom. The number of H-pyrrole nitrogens is 1. The summed E-state index contributed by atoms with van der Waals surface area (Å²) in [7, 11) is 0. The predicted octanol–water partition coefficient (Wildman–Crippen LogP) is 4.30. The molecule has 0 aliphatic heterocycles. The average molecular weight is 390 g/mol. The van der Waals surface area contributed by atoms with Gasteiger partial charge in [-0.15, -0.1) is 5.11 Å². The van der Waals surface area contributed by atoms with Crippen molar-refractivity contribution in [3.63, 3.8) is 0 Å². The molecule has 1 aromatic heterocycles. The number of carbonyl (C=O) groups is 1. The van der Waals surface area contributed by atoms with Crippen LogP contribution in [-0.4, -0.2) is 15.7 Å². The molecular weight excluding hydrogens is 377 g/mol. The van der Waals surface area contributed by atoms with E-state index in [9.17, 15) is 9.59 Å². The second kappa shape index (κ2) is 7.15. The molecule has 0 unspecified atom stereocenters. The normalized spacial score (nSPS) is 11.2. The van der Waals surface area contributed by atoms with E-state index in [0.29, 0.717) is 32.7 Å². The molecule has 9 heteroatoms. The summed E-state index contributed by atoms with van der Waals surface area (Å²) < 4.78 is 1.28. The number of rotatable bonds is 4. The van der Waals surface area contributed by atoms with Crippen molar-refractivity contribution < 1.29 is 4.79 Å². The minimum Gasteiger partial charge on any atom is -0.366 e. The quantitative estimate of drug-likeness (QED) is 0.649. The third-order valence-corrected chi connectivity index (χ3v) is 4.15. The monoisotopic (exact) mass is 389 g/mol. The van der Waals surface area contributed by atoms with Gasteiger partial charge < -0.3 is 5.73 Å². The van der Waals surface area contributed by atoms with Gasteiger partial charge in [0.15, 0.2) is 5.69 Å². The van der Waals surface area contributed by atoms with Crippen LogP contribution in [0.2, 0.25) is 10.0 Å². The van der Waals surface area contributed by atoms with Crippen LogP contribution >= 0.6 is 23.2 Å². The van der Waals surface area contributed by atoms with Gasteiger partial charge in [0.1, 0.15) is 0 Å². The van der Waals surface area contributed by atoms with Gasteiger partial charge in [0.25, 0.3) is 5.56 Å². The Morgan fingerprint density at radius 2 is 1.81 bits per heavy atom. The summed E-state index contributed by atoms with van der Waals surface area (Å²) in [5, 5.41) is 11.8. The van der Waals surface area contributed by atoms with Crippen molar-refractivity contribution in [2.24, 2.45) is 16.0 Å². The van der Waals surface area contributed by atoms with Crippen molar-refractivity contribution in [1.29, 1.82) is 0 Å². The lowest BCUT2D eigenvalue weighted by molar-refractivity contribution is 0.100.